The van der Waals surface area contributed by atoms with Gasteiger partial charge in [-0.15, -0.1) is 0 Å². The molecule has 0 amide bonds. The van der Waals surface area contributed by atoms with Crippen LogP contribution in [0.15, 0.2) is 48.5 Å². The van der Waals surface area contributed by atoms with Gasteiger partial charge in [-0.25, -0.2) is 4.98 Å². The van der Waals surface area contributed by atoms with Crippen molar-refractivity contribution >= 4 is 11.0 Å². The van der Waals surface area contributed by atoms with Crippen LogP contribution in [-0.2, 0) is 13.2 Å². The molecule has 0 atom stereocenters. The fraction of sp³-hybridized carbons (Fsp3) is 0.278. The summed E-state index contributed by atoms with van der Waals surface area (Å²) >= 11 is 0. The van der Waals surface area contributed by atoms with Crippen LogP contribution in [0.3, 0.4) is 0 Å². The number of ether oxygens (including phenoxy) is 1. The van der Waals surface area contributed by atoms with E-state index in [9.17, 15) is 5.11 Å². The Kier molecular flexibility index (Phi) is 4.39. The smallest absolute Gasteiger partial charge is 0.135 e. The molecule has 4 nitrogen and oxygen atoms in total. The number of para-hydroxylation sites is 1. The quantitative estimate of drug-likeness (QED) is 0.710. The maximum absolute atomic E-state index is 9.51. The first kappa shape index (κ1) is 14.6. The van der Waals surface area contributed by atoms with Crippen molar-refractivity contribution in [2.75, 3.05) is 6.61 Å². The predicted octanol–water partition coefficient (Wildman–Crippen LogP) is 3.31. The molecule has 0 spiro atoms. The average Bonchev–Trinajstić information content (AvgIpc) is 2.89. The molecule has 1 aromatic heterocycles. The maximum Gasteiger partial charge on any atom is 0.135 e. The van der Waals surface area contributed by atoms with E-state index < -0.39 is 0 Å². The van der Waals surface area contributed by atoms with Gasteiger partial charge >= 0.3 is 0 Å². The molecule has 3 aromatic rings. The zero-order valence-electron chi connectivity index (χ0n) is 12.7. The maximum atomic E-state index is 9.51. The van der Waals surface area contributed by atoms with E-state index in [1.165, 1.54) is 5.56 Å². The van der Waals surface area contributed by atoms with Crippen LogP contribution in [0.5, 0.6) is 5.75 Å². The number of aliphatic hydroxyl groups excluding tert-OH is 1. The molecule has 0 saturated heterocycles. The van der Waals surface area contributed by atoms with Crippen molar-refractivity contribution in [2.45, 2.75) is 26.5 Å². The second kappa shape index (κ2) is 6.62. The summed E-state index contributed by atoms with van der Waals surface area (Å²) in [5.74, 6) is 1.59. The summed E-state index contributed by atoms with van der Waals surface area (Å²) in [5.41, 5.74) is 3.18. The number of hydrogen-bond acceptors (Lipinski definition) is 3. The Balaban J connectivity index is 1.68. The van der Waals surface area contributed by atoms with Crippen LogP contribution in [0.4, 0.5) is 0 Å². The van der Waals surface area contributed by atoms with Crippen LogP contribution in [0.1, 0.15) is 17.8 Å². The highest BCUT2D eigenvalue weighted by Crippen LogP contribution is 2.18. The monoisotopic (exact) mass is 296 g/mol. The van der Waals surface area contributed by atoms with Crippen LogP contribution in [0, 0.1) is 6.92 Å². The van der Waals surface area contributed by atoms with Gasteiger partial charge in [-0.1, -0.05) is 24.3 Å². The lowest BCUT2D eigenvalue weighted by molar-refractivity contribution is 0.261. The van der Waals surface area contributed by atoms with Gasteiger partial charge in [0.2, 0.25) is 0 Å². The second-order valence-electron chi connectivity index (χ2n) is 5.35. The van der Waals surface area contributed by atoms with Crippen molar-refractivity contribution in [1.82, 2.24) is 9.55 Å². The van der Waals surface area contributed by atoms with Crippen LogP contribution < -0.4 is 4.74 Å². The lowest BCUT2D eigenvalue weighted by Gasteiger charge is -2.09. The molecule has 22 heavy (non-hydrogen) atoms. The number of aromatic nitrogens is 2. The van der Waals surface area contributed by atoms with Gasteiger partial charge in [0.15, 0.2) is 0 Å². The van der Waals surface area contributed by atoms with Gasteiger partial charge in [0.25, 0.3) is 0 Å². The van der Waals surface area contributed by atoms with Gasteiger partial charge < -0.3 is 14.4 Å². The molecule has 0 aliphatic carbocycles. The second-order valence-corrected chi connectivity index (χ2v) is 5.35. The largest absolute Gasteiger partial charge is 0.494 e. The van der Waals surface area contributed by atoms with E-state index in [-0.39, 0.29) is 6.61 Å². The lowest BCUT2D eigenvalue weighted by atomic mass is 10.2. The topological polar surface area (TPSA) is 47.3 Å². The predicted molar refractivity (Wildman–Crippen MR) is 86.9 cm³/mol. The molecule has 0 unspecified atom stereocenters. The Morgan fingerprint density at radius 2 is 1.95 bits per heavy atom. The molecule has 1 heterocycles. The third kappa shape index (κ3) is 3.12. The summed E-state index contributed by atoms with van der Waals surface area (Å²) in [5, 5.41) is 9.51. The number of benzene rings is 2. The van der Waals surface area contributed by atoms with Crippen LogP contribution >= 0.6 is 0 Å². The van der Waals surface area contributed by atoms with Gasteiger partial charge in [0, 0.05) is 6.54 Å². The normalized spacial score (nSPS) is 11.0. The Bertz CT molecular complexity index is 750. The molecule has 0 bridgehead atoms. The summed E-state index contributed by atoms with van der Waals surface area (Å²) in [6, 6.07) is 16.0. The highest BCUT2D eigenvalue weighted by Gasteiger charge is 2.09. The minimum absolute atomic E-state index is 0.0483. The molecule has 3 rings (SSSR count). The van der Waals surface area contributed by atoms with Gasteiger partial charge in [0.1, 0.15) is 18.2 Å². The molecule has 0 fully saturated rings. The summed E-state index contributed by atoms with van der Waals surface area (Å²) in [4.78, 5) is 4.50. The van der Waals surface area contributed by atoms with Gasteiger partial charge in [-0.05, 0) is 43.2 Å². The van der Waals surface area contributed by atoms with Crippen molar-refractivity contribution in [3.63, 3.8) is 0 Å². The summed E-state index contributed by atoms with van der Waals surface area (Å²) in [7, 11) is 0. The van der Waals surface area contributed by atoms with Crippen LogP contribution in [-0.4, -0.2) is 21.3 Å². The first-order chi connectivity index (χ1) is 10.8. The van der Waals surface area contributed by atoms with Crippen molar-refractivity contribution in [3.05, 3.63) is 59.9 Å². The number of rotatable bonds is 6. The minimum Gasteiger partial charge on any atom is -0.494 e. The van der Waals surface area contributed by atoms with E-state index >= 15 is 0 Å². The number of fused-ring (bicyclic) bond motifs is 1. The first-order valence-electron chi connectivity index (χ1n) is 7.52. The fourth-order valence-electron chi connectivity index (χ4n) is 2.59. The highest BCUT2D eigenvalue weighted by atomic mass is 16.5. The molecular formula is C18H20N2O2. The van der Waals surface area contributed by atoms with Gasteiger partial charge in [-0.3, -0.25) is 0 Å². The standard InChI is InChI=1S/C18H20N2O2/c1-14-8-9-17-16(12-14)19-18(13-21)20(17)10-5-11-22-15-6-3-2-4-7-15/h2-4,6-9,12,21H,5,10-11,13H2,1H3. The first-order valence-corrected chi connectivity index (χ1v) is 7.52. The Morgan fingerprint density at radius 1 is 1.14 bits per heavy atom. The molecule has 0 aliphatic heterocycles. The molecule has 114 valence electrons. The molecular weight excluding hydrogens is 276 g/mol. The third-order valence-corrected chi connectivity index (χ3v) is 3.66. The van der Waals surface area contributed by atoms with Gasteiger partial charge in [-0.2, -0.15) is 0 Å². The zero-order valence-corrected chi connectivity index (χ0v) is 12.7. The SMILES string of the molecule is Cc1ccc2c(c1)nc(CO)n2CCCOc1ccccc1. The highest BCUT2D eigenvalue weighted by molar-refractivity contribution is 5.76. The molecule has 0 saturated carbocycles. The van der Waals surface area contributed by atoms with E-state index in [1.807, 2.05) is 43.3 Å². The number of aryl methyl sites for hydroxylation is 2. The van der Waals surface area contributed by atoms with E-state index in [4.69, 9.17) is 4.74 Å². The fourth-order valence-corrected chi connectivity index (χ4v) is 2.59. The van der Waals surface area contributed by atoms with Crippen molar-refractivity contribution in [2.24, 2.45) is 0 Å². The van der Waals surface area contributed by atoms with E-state index in [2.05, 4.69) is 21.7 Å². The van der Waals surface area contributed by atoms with E-state index in [0.717, 1.165) is 29.7 Å². The summed E-state index contributed by atoms with van der Waals surface area (Å²) in [6.07, 6.45) is 0.862. The Labute approximate surface area is 130 Å². The van der Waals surface area contributed by atoms with Crippen LogP contribution in [0.2, 0.25) is 0 Å². The molecule has 1 N–H and O–H groups in total. The van der Waals surface area contributed by atoms with E-state index in [0.29, 0.717) is 12.4 Å². The average molecular weight is 296 g/mol. The molecule has 2 aromatic carbocycles. The lowest BCUT2D eigenvalue weighted by Crippen LogP contribution is -2.08. The zero-order chi connectivity index (χ0) is 15.4. The molecule has 4 heteroatoms. The molecule has 0 aliphatic rings. The third-order valence-electron chi connectivity index (χ3n) is 3.66. The molecule has 0 radical (unpaired) electrons. The number of hydrogen-bond donors (Lipinski definition) is 1. The van der Waals surface area contributed by atoms with Crippen molar-refractivity contribution in [1.29, 1.82) is 0 Å². The van der Waals surface area contributed by atoms with Crippen molar-refractivity contribution < 1.29 is 9.84 Å². The van der Waals surface area contributed by atoms with E-state index in [1.54, 1.807) is 0 Å². The Hall–Kier alpha value is -2.33. The summed E-state index contributed by atoms with van der Waals surface area (Å²) < 4.78 is 7.79. The minimum atomic E-state index is -0.0483. The van der Waals surface area contributed by atoms with Gasteiger partial charge in [0.05, 0.1) is 17.6 Å². The number of aliphatic hydroxyl groups is 1. The number of nitrogens with zero attached hydrogens (tertiary/aromatic N) is 2. The number of imidazole rings is 1. The van der Waals surface area contributed by atoms with Crippen molar-refractivity contribution in [3.8, 4) is 5.75 Å². The Morgan fingerprint density at radius 3 is 2.73 bits per heavy atom. The van der Waals surface area contributed by atoms with Crippen LogP contribution in [0.25, 0.3) is 11.0 Å². The summed E-state index contributed by atoms with van der Waals surface area (Å²) in [6.45, 7) is 3.42.